The summed E-state index contributed by atoms with van der Waals surface area (Å²) in [6.45, 7) is 1.63. The molecule has 0 saturated carbocycles. The average molecular weight is 206 g/mol. The van der Waals surface area contributed by atoms with E-state index in [1.165, 1.54) is 0 Å². The van der Waals surface area contributed by atoms with Crippen LogP contribution in [0.2, 0.25) is 0 Å². The van der Waals surface area contributed by atoms with Crippen molar-refractivity contribution in [3.05, 3.63) is 30.3 Å². The van der Waals surface area contributed by atoms with E-state index in [2.05, 4.69) is 5.32 Å². The van der Waals surface area contributed by atoms with Gasteiger partial charge in [0.15, 0.2) is 0 Å². The topological polar surface area (TPSA) is 72.2 Å². The second-order valence-corrected chi connectivity index (χ2v) is 3.42. The molecule has 3 N–H and O–H groups in total. The van der Waals surface area contributed by atoms with Crippen molar-refractivity contribution >= 4 is 17.5 Å². The minimum atomic E-state index is -0.460. The number of anilines is 1. The predicted molar refractivity (Wildman–Crippen MR) is 58.0 cm³/mol. The quantitative estimate of drug-likeness (QED) is 0.775. The molecule has 0 radical (unpaired) electrons. The normalized spacial score (nSPS) is 11.8. The lowest BCUT2D eigenvalue weighted by atomic mass is 10.1. The van der Waals surface area contributed by atoms with Gasteiger partial charge in [0.05, 0.1) is 0 Å². The first-order valence-electron chi connectivity index (χ1n) is 4.74. The minimum Gasteiger partial charge on any atom is -0.369 e. The van der Waals surface area contributed by atoms with Gasteiger partial charge in [-0.25, -0.2) is 0 Å². The molecule has 1 aromatic carbocycles. The summed E-state index contributed by atoms with van der Waals surface area (Å²) in [4.78, 5) is 22.1. The lowest BCUT2D eigenvalue weighted by molar-refractivity contribution is -0.125. The van der Waals surface area contributed by atoms with Crippen LogP contribution in [0.15, 0.2) is 30.3 Å². The lowest BCUT2D eigenvalue weighted by Crippen LogP contribution is -2.25. The maximum atomic E-state index is 11.4. The Labute approximate surface area is 88.5 Å². The molecule has 80 valence electrons. The van der Waals surface area contributed by atoms with Gasteiger partial charge in [0, 0.05) is 18.0 Å². The largest absolute Gasteiger partial charge is 0.369 e. The molecular weight excluding hydrogens is 192 g/mol. The van der Waals surface area contributed by atoms with E-state index in [1.807, 2.05) is 18.2 Å². The second kappa shape index (κ2) is 5.14. The zero-order chi connectivity index (χ0) is 11.3. The Kier molecular flexibility index (Phi) is 3.85. The first-order chi connectivity index (χ1) is 7.09. The molecule has 15 heavy (non-hydrogen) atoms. The standard InChI is InChI=1S/C11H14N2O2/c1-8(11(12)15)7-10(14)13-9-5-3-2-4-6-9/h2-6,8H,7H2,1H3,(H2,12,15)(H,13,14). The maximum absolute atomic E-state index is 11.4. The van der Waals surface area contributed by atoms with E-state index in [1.54, 1.807) is 19.1 Å². The van der Waals surface area contributed by atoms with Crippen molar-refractivity contribution in [2.45, 2.75) is 13.3 Å². The van der Waals surface area contributed by atoms with E-state index < -0.39 is 11.8 Å². The molecule has 0 heterocycles. The van der Waals surface area contributed by atoms with Crippen molar-refractivity contribution in [2.75, 3.05) is 5.32 Å². The van der Waals surface area contributed by atoms with Crippen LogP contribution in [0.25, 0.3) is 0 Å². The molecule has 0 bridgehead atoms. The molecule has 4 heteroatoms. The highest BCUT2D eigenvalue weighted by molar-refractivity contribution is 5.93. The molecule has 0 saturated heterocycles. The predicted octanol–water partition coefficient (Wildman–Crippen LogP) is 1.14. The minimum absolute atomic E-state index is 0.115. The Bertz CT molecular complexity index is 349. The summed E-state index contributed by atoms with van der Waals surface area (Å²) in [7, 11) is 0. The first-order valence-corrected chi connectivity index (χ1v) is 4.74. The van der Waals surface area contributed by atoms with Gasteiger partial charge in [-0.2, -0.15) is 0 Å². The molecule has 0 fully saturated rings. The van der Waals surface area contributed by atoms with Gasteiger partial charge in [-0.1, -0.05) is 25.1 Å². The van der Waals surface area contributed by atoms with Crippen molar-refractivity contribution in [1.82, 2.24) is 0 Å². The fourth-order valence-electron chi connectivity index (χ4n) is 1.11. The van der Waals surface area contributed by atoms with Gasteiger partial charge < -0.3 is 11.1 Å². The highest BCUT2D eigenvalue weighted by Gasteiger charge is 2.13. The number of primary amides is 1. The number of para-hydroxylation sites is 1. The fraction of sp³-hybridized carbons (Fsp3) is 0.273. The van der Waals surface area contributed by atoms with Crippen LogP contribution in [0.5, 0.6) is 0 Å². The molecule has 0 aliphatic heterocycles. The smallest absolute Gasteiger partial charge is 0.225 e. The second-order valence-electron chi connectivity index (χ2n) is 3.42. The molecule has 0 spiro atoms. The summed E-state index contributed by atoms with van der Waals surface area (Å²) >= 11 is 0. The summed E-state index contributed by atoms with van der Waals surface area (Å²) in [6.07, 6.45) is 0.115. The molecule has 4 nitrogen and oxygen atoms in total. The number of nitrogens with two attached hydrogens (primary N) is 1. The van der Waals surface area contributed by atoms with E-state index in [4.69, 9.17) is 5.73 Å². The highest BCUT2D eigenvalue weighted by Crippen LogP contribution is 2.08. The van der Waals surface area contributed by atoms with Crippen molar-refractivity contribution in [2.24, 2.45) is 11.7 Å². The third kappa shape index (κ3) is 3.81. The molecule has 1 unspecified atom stereocenters. The molecule has 0 aromatic heterocycles. The Hall–Kier alpha value is -1.84. The van der Waals surface area contributed by atoms with Crippen LogP contribution in [0, 0.1) is 5.92 Å². The van der Waals surface area contributed by atoms with Crippen LogP contribution in [-0.4, -0.2) is 11.8 Å². The van der Waals surface area contributed by atoms with E-state index >= 15 is 0 Å². The van der Waals surface area contributed by atoms with Gasteiger partial charge in [-0.05, 0) is 12.1 Å². The lowest BCUT2D eigenvalue weighted by Gasteiger charge is -2.07. The van der Waals surface area contributed by atoms with Crippen LogP contribution in [0.3, 0.4) is 0 Å². The van der Waals surface area contributed by atoms with Crippen LogP contribution in [0.1, 0.15) is 13.3 Å². The van der Waals surface area contributed by atoms with Crippen molar-refractivity contribution in [3.63, 3.8) is 0 Å². The summed E-state index contributed by atoms with van der Waals surface area (Å²) in [5.41, 5.74) is 5.78. The first kappa shape index (κ1) is 11.2. The molecular formula is C11H14N2O2. The van der Waals surface area contributed by atoms with Gasteiger partial charge in [0.1, 0.15) is 0 Å². The average Bonchev–Trinajstić information content (AvgIpc) is 2.18. The molecule has 1 atom stereocenters. The van der Waals surface area contributed by atoms with Gasteiger partial charge in [0.25, 0.3) is 0 Å². The van der Waals surface area contributed by atoms with Crippen LogP contribution in [-0.2, 0) is 9.59 Å². The third-order valence-corrected chi connectivity index (χ3v) is 2.03. The Morgan fingerprint density at radius 3 is 2.47 bits per heavy atom. The van der Waals surface area contributed by atoms with Crippen LogP contribution in [0.4, 0.5) is 5.69 Å². The van der Waals surface area contributed by atoms with Crippen LogP contribution < -0.4 is 11.1 Å². The monoisotopic (exact) mass is 206 g/mol. The number of hydrogen-bond donors (Lipinski definition) is 2. The molecule has 1 rings (SSSR count). The molecule has 0 aliphatic carbocycles. The fourth-order valence-corrected chi connectivity index (χ4v) is 1.11. The van der Waals surface area contributed by atoms with E-state index in [0.717, 1.165) is 5.69 Å². The van der Waals surface area contributed by atoms with Gasteiger partial charge in [-0.15, -0.1) is 0 Å². The number of benzene rings is 1. The SMILES string of the molecule is CC(CC(=O)Nc1ccccc1)C(N)=O. The van der Waals surface area contributed by atoms with Crippen molar-refractivity contribution in [3.8, 4) is 0 Å². The number of nitrogens with one attached hydrogen (secondary N) is 1. The Morgan fingerprint density at radius 1 is 1.33 bits per heavy atom. The Morgan fingerprint density at radius 2 is 1.93 bits per heavy atom. The van der Waals surface area contributed by atoms with Crippen LogP contribution >= 0.6 is 0 Å². The number of rotatable bonds is 4. The number of carbonyl (C=O) groups is 2. The maximum Gasteiger partial charge on any atom is 0.225 e. The third-order valence-electron chi connectivity index (χ3n) is 2.03. The highest BCUT2D eigenvalue weighted by atomic mass is 16.2. The molecule has 0 aliphatic rings. The van der Waals surface area contributed by atoms with Crippen molar-refractivity contribution in [1.29, 1.82) is 0 Å². The zero-order valence-electron chi connectivity index (χ0n) is 8.57. The van der Waals surface area contributed by atoms with Gasteiger partial charge in [-0.3, -0.25) is 9.59 Å². The summed E-state index contributed by atoms with van der Waals surface area (Å²) in [6, 6.07) is 9.08. The molecule has 1 aromatic rings. The van der Waals surface area contributed by atoms with E-state index in [0.29, 0.717) is 0 Å². The zero-order valence-corrected chi connectivity index (χ0v) is 8.57. The Balaban J connectivity index is 2.47. The summed E-state index contributed by atoms with van der Waals surface area (Å²) < 4.78 is 0. The van der Waals surface area contributed by atoms with Gasteiger partial charge in [0.2, 0.25) is 11.8 Å². The summed E-state index contributed by atoms with van der Waals surface area (Å²) in [5.74, 6) is -1.10. The number of hydrogen-bond acceptors (Lipinski definition) is 2. The summed E-state index contributed by atoms with van der Waals surface area (Å²) in [5, 5.41) is 2.68. The number of amides is 2. The number of carbonyl (C=O) groups excluding carboxylic acids is 2. The van der Waals surface area contributed by atoms with Gasteiger partial charge >= 0.3 is 0 Å². The molecule has 2 amide bonds. The van der Waals surface area contributed by atoms with E-state index in [-0.39, 0.29) is 12.3 Å². The van der Waals surface area contributed by atoms with E-state index in [9.17, 15) is 9.59 Å². The van der Waals surface area contributed by atoms with Crippen molar-refractivity contribution < 1.29 is 9.59 Å².